The maximum absolute atomic E-state index is 12.3. The molecule has 0 unspecified atom stereocenters. The fourth-order valence-electron chi connectivity index (χ4n) is 3.11. The van der Waals surface area contributed by atoms with Gasteiger partial charge >= 0.3 is 5.97 Å². The van der Waals surface area contributed by atoms with E-state index in [2.05, 4.69) is 36.3 Å². The summed E-state index contributed by atoms with van der Waals surface area (Å²) in [5, 5.41) is 4.18. The zero-order valence-electron chi connectivity index (χ0n) is 18.2. The molecule has 0 saturated carbocycles. The van der Waals surface area contributed by atoms with E-state index in [1.165, 1.54) is 4.90 Å². The van der Waals surface area contributed by atoms with E-state index in [-0.39, 0.29) is 0 Å². The van der Waals surface area contributed by atoms with Crippen LogP contribution in [0.25, 0.3) is 0 Å². The first-order valence-corrected chi connectivity index (χ1v) is 12.1. The third kappa shape index (κ3) is 7.43. The average Bonchev–Trinajstić information content (AvgIpc) is 2.84. The lowest BCUT2D eigenvalue weighted by molar-refractivity contribution is 0.0516. The Morgan fingerprint density at radius 3 is 2.09 bits per heavy atom. The number of carbonyl (C=O) groups excluding carboxylic acids is 1. The monoisotopic (exact) mass is 461 g/mol. The van der Waals surface area contributed by atoms with E-state index < -0.39 is 5.97 Å². The van der Waals surface area contributed by atoms with Crippen LogP contribution in [0.3, 0.4) is 0 Å². The molecule has 0 radical (unpaired) electrons. The molecule has 5 heteroatoms. The molecule has 3 nitrogen and oxygen atoms in total. The molecule has 164 valence electrons. The third-order valence-electron chi connectivity index (χ3n) is 4.87. The molecule has 0 saturated heterocycles. The van der Waals surface area contributed by atoms with Crippen molar-refractivity contribution < 1.29 is 9.63 Å². The number of benzene rings is 3. The molecular formula is C27H27NO2S2. The van der Waals surface area contributed by atoms with E-state index >= 15 is 0 Å². The SMILES string of the molecule is CCCCCC/C(=N/OC(=O)c1ccccc1)C(=S)c1ccc(Sc2ccccc2)cc1. The summed E-state index contributed by atoms with van der Waals surface area (Å²) in [6, 6.07) is 27.3. The van der Waals surface area contributed by atoms with Crippen LogP contribution in [-0.2, 0) is 4.84 Å². The highest BCUT2D eigenvalue weighted by Gasteiger charge is 2.13. The predicted molar refractivity (Wildman–Crippen MR) is 137 cm³/mol. The van der Waals surface area contributed by atoms with Crippen LogP contribution in [0.5, 0.6) is 0 Å². The predicted octanol–water partition coefficient (Wildman–Crippen LogP) is 7.74. The van der Waals surface area contributed by atoms with Crippen LogP contribution in [0.2, 0.25) is 0 Å². The van der Waals surface area contributed by atoms with Gasteiger partial charge in [0.05, 0.1) is 16.1 Å². The van der Waals surface area contributed by atoms with Gasteiger partial charge in [0.1, 0.15) is 0 Å². The molecule has 0 bridgehead atoms. The number of rotatable bonds is 11. The van der Waals surface area contributed by atoms with E-state index in [0.717, 1.165) is 36.1 Å². The Morgan fingerprint density at radius 2 is 1.44 bits per heavy atom. The minimum Gasteiger partial charge on any atom is -0.312 e. The summed E-state index contributed by atoms with van der Waals surface area (Å²) < 4.78 is 0. The Bertz CT molecular complexity index is 1030. The molecule has 0 aliphatic rings. The Labute approximate surface area is 199 Å². The van der Waals surface area contributed by atoms with Crippen molar-refractivity contribution in [2.45, 2.75) is 48.8 Å². The fraction of sp³-hybridized carbons (Fsp3) is 0.222. The average molecular weight is 462 g/mol. The highest BCUT2D eigenvalue weighted by atomic mass is 32.2. The molecule has 0 fully saturated rings. The van der Waals surface area contributed by atoms with Gasteiger partial charge in [-0.05, 0) is 54.8 Å². The van der Waals surface area contributed by atoms with Crippen molar-refractivity contribution in [3.8, 4) is 0 Å². The van der Waals surface area contributed by atoms with Gasteiger partial charge in [-0.3, -0.25) is 0 Å². The standard InChI is InChI=1S/C27H27NO2S2/c1-2-3-4-11-16-25(28-30-27(29)22-12-7-5-8-13-22)26(31)21-17-19-24(20-18-21)32-23-14-9-6-10-15-23/h5-10,12-15,17-20H,2-4,11,16H2,1H3/b28-25-. The fourth-order valence-corrected chi connectivity index (χ4v) is 4.22. The maximum atomic E-state index is 12.3. The van der Waals surface area contributed by atoms with Gasteiger partial charge in [0.2, 0.25) is 0 Å². The minimum atomic E-state index is -0.478. The summed E-state index contributed by atoms with van der Waals surface area (Å²) in [5.41, 5.74) is 2.01. The molecule has 3 rings (SSSR count). The zero-order chi connectivity index (χ0) is 22.6. The van der Waals surface area contributed by atoms with Crippen LogP contribution in [0, 0.1) is 0 Å². The molecule has 32 heavy (non-hydrogen) atoms. The smallest absolute Gasteiger partial charge is 0.312 e. The Kier molecular flexibility index (Phi) is 9.66. The summed E-state index contributed by atoms with van der Waals surface area (Å²) in [7, 11) is 0. The topological polar surface area (TPSA) is 38.7 Å². The van der Waals surface area contributed by atoms with E-state index in [4.69, 9.17) is 17.1 Å². The van der Waals surface area contributed by atoms with Crippen molar-refractivity contribution >= 4 is 40.5 Å². The molecule has 3 aromatic carbocycles. The van der Waals surface area contributed by atoms with Crippen molar-refractivity contribution in [2.75, 3.05) is 0 Å². The van der Waals surface area contributed by atoms with Crippen LogP contribution < -0.4 is 0 Å². The third-order valence-corrected chi connectivity index (χ3v) is 6.36. The highest BCUT2D eigenvalue weighted by molar-refractivity contribution is 7.99. The van der Waals surface area contributed by atoms with Crippen molar-refractivity contribution in [1.82, 2.24) is 0 Å². The molecule has 0 N–H and O–H groups in total. The number of nitrogens with zero attached hydrogens (tertiary/aromatic N) is 1. The van der Waals surface area contributed by atoms with Gasteiger partial charge < -0.3 is 4.84 Å². The Balaban J connectivity index is 1.71. The number of hydrogen-bond donors (Lipinski definition) is 0. The summed E-state index contributed by atoms with van der Waals surface area (Å²) in [6.07, 6.45) is 5.05. The quantitative estimate of drug-likeness (QED) is 0.0731. The van der Waals surface area contributed by atoms with Gasteiger partial charge in [0, 0.05) is 9.79 Å². The first kappa shape index (κ1) is 23.9. The maximum Gasteiger partial charge on any atom is 0.365 e. The van der Waals surface area contributed by atoms with Gasteiger partial charge in [-0.15, -0.1) is 0 Å². The van der Waals surface area contributed by atoms with Crippen molar-refractivity contribution in [1.29, 1.82) is 0 Å². The van der Waals surface area contributed by atoms with Gasteiger partial charge in [-0.25, -0.2) is 4.79 Å². The summed E-state index contributed by atoms with van der Waals surface area (Å²) in [4.78, 5) is 20.5. The molecule has 0 aromatic heterocycles. The zero-order valence-corrected chi connectivity index (χ0v) is 19.8. The van der Waals surface area contributed by atoms with Gasteiger partial charge in [0.15, 0.2) is 0 Å². The number of carbonyl (C=O) groups is 1. The lowest BCUT2D eigenvalue weighted by atomic mass is 10.0. The lowest BCUT2D eigenvalue weighted by Crippen LogP contribution is -2.15. The van der Waals surface area contributed by atoms with Gasteiger partial charge in [-0.2, -0.15) is 0 Å². The van der Waals surface area contributed by atoms with Gasteiger partial charge in [0.25, 0.3) is 0 Å². The number of unbranched alkanes of at least 4 members (excludes halogenated alkanes) is 3. The summed E-state index contributed by atoms with van der Waals surface area (Å²) in [5.74, 6) is -0.478. The Hall–Kier alpha value is -2.76. The molecule has 0 aliphatic heterocycles. The second kappa shape index (κ2) is 12.9. The van der Waals surface area contributed by atoms with Crippen LogP contribution in [0.15, 0.2) is 99.9 Å². The van der Waals surface area contributed by atoms with Gasteiger partial charge in [-0.1, -0.05) is 104 Å². The minimum absolute atomic E-state index is 0.467. The molecule has 0 aliphatic carbocycles. The number of oxime groups is 1. The van der Waals surface area contributed by atoms with Crippen molar-refractivity contribution in [2.24, 2.45) is 5.16 Å². The molecule has 0 atom stereocenters. The van der Waals surface area contributed by atoms with Crippen molar-refractivity contribution in [3.05, 3.63) is 96.1 Å². The van der Waals surface area contributed by atoms with Crippen LogP contribution in [0.4, 0.5) is 0 Å². The van der Waals surface area contributed by atoms with E-state index in [1.54, 1.807) is 36.0 Å². The van der Waals surface area contributed by atoms with E-state index in [9.17, 15) is 4.79 Å². The normalized spacial score (nSPS) is 11.2. The van der Waals surface area contributed by atoms with E-state index in [1.807, 2.05) is 36.4 Å². The molecule has 0 spiro atoms. The summed E-state index contributed by atoms with van der Waals surface area (Å²) in [6.45, 7) is 2.18. The molecular weight excluding hydrogens is 434 g/mol. The molecule has 0 amide bonds. The Morgan fingerprint density at radius 1 is 0.812 bits per heavy atom. The first-order chi connectivity index (χ1) is 15.7. The van der Waals surface area contributed by atoms with Crippen molar-refractivity contribution in [3.63, 3.8) is 0 Å². The first-order valence-electron chi connectivity index (χ1n) is 10.9. The molecule has 0 heterocycles. The number of thiocarbonyl (C=S) groups is 1. The molecule has 3 aromatic rings. The van der Waals surface area contributed by atoms with Crippen LogP contribution >= 0.6 is 24.0 Å². The second-order valence-corrected chi connectivity index (χ2v) is 8.92. The van der Waals surface area contributed by atoms with E-state index in [0.29, 0.717) is 22.6 Å². The summed E-state index contributed by atoms with van der Waals surface area (Å²) >= 11 is 7.44. The highest BCUT2D eigenvalue weighted by Crippen LogP contribution is 2.27. The number of hydrogen-bond acceptors (Lipinski definition) is 5. The lowest BCUT2D eigenvalue weighted by Gasteiger charge is -2.09. The second-order valence-electron chi connectivity index (χ2n) is 7.36. The largest absolute Gasteiger partial charge is 0.365 e. The van der Waals surface area contributed by atoms with Crippen LogP contribution in [-0.4, -0.2) is 16.5 Å². The van der Waals surface area contributed by atoms with Crippen LogP contribution in [0.1, 0.15) is 54.9 Å².